The Kier molecular flexibility index (Phi) is 7.88. The first-order valence-corrected chi connectivity index (χ1v) is 4.39. The molecule has 0 N–H and O–H groups in total. The van der Waals surface area contributed by atoms with E-state index >= 15 is 0 Å². The summed E-state index contributed by atoms with van der Waals surface area (Å²) in [7, 11) is 0. The van der Waals surface area contributed by atoms with Gasteiger partial charge in [0.05, 0.1) is 0 Å². The lowest BCUT2D eigenvalue weighted by Gasteiger charge is -2.00. The Morgan fingerprint density at radius 2 is 2.27 bits per heavy atom. The van der Waals surface area contributed by atoms with E-state index in [4.69, 9.17) is 4.74 Å². The summed E-state index contributed by atoms with van der Waals surface area (Å²) in [5, 5.41) is 0.634. The molecule has 0 aromatic rings. The van der Waals surface area contributed by atoms with Gasteiger partial charge in [-0.2, -0.15) is 4.89 Å². The molecule has 0 aliphatic heterocycles. The third-order valence-corrected chi connectivity index (χ3v) is 1.06. The van der Waals surface area contributed by atoms with Crippen LogP contribution >= 0.6 is 15.9 Å². The molecule has 5 heteroatoms. The first-order chi connectivity index (χ1) is 5.31. The van der Waals surface area contributed by atoms with Crippen molar-refractivity contribution >= 4 is 21.9 Å². The van der Waals surface area contributed by atoms with Gasteiger partial charge in [-0.1, -0.05) is 15.9 Å². The molecule has 0 atom stereocenters. The molecule has 0 aromatic heterocycles. The summed E-state index contributed by atoms with van der Waals surface area (Å²) in [6.07, 6.45) is 0. The average molecular weight is 227 g/mol. The summed E-state index contributed by atoms with van der Waals surface area (Å²) in [5.74, 6) is -0.507. The molecule has 0 saturated heterocycles. The van der Waals surface area contributed by atoms with Gasteiger partial charge in [-0.15, -0.1) is 0 Å². The lowest BCUT2D eigenvalue weighted by molar-refractivity contribution is -0.271. The Bertz CT molecular complexity index is 107. The largest absolute Gasteiger partial charge is 0.370 e. The van der Waals surface area contributed by atoms with Gasteiger partial charge in [0, 0.05) is 11.9 Å². The molecule has 0 rings (SSSR count). The summed E-state index contributed by atoms with van der Waals surface area (Å²) in [6, 6.07) is 0. The maximum Gasteiger partial charge on any atom is 0.367 e. The second-order valence-electron chi connectivity index (χ2n) is 1.60. The van der Waals surface area contributed by atoms with Gasteiger partial charge in [0.25, 0.3) is 0 Å². The van der Waals surface area contributed by atoms with E-state index in [1.807, 2.05) is 0 Å². The zero-order valence-electron chi connectivity index (χ0n) is 6.34. The number of alkyl halides is 1. The number of halogens is 1. The minimum atomic E-state index is -0.507. The molecule has 66 valence electrons. The molecule has 0 heterocycles. The summed E-state index contributed by atoms with van der Waals surface area (Å²) in [6.45, 7) is 2.58. The highest BCUT2D eigenvalue weighted by atomic mass is 79.9. The van der Waals surface area contributed by atoms with Gasteiger partial charge < -0.3 is 4.74 Å². The van der Waals surface area contributed by atoms with Crippen LogP contribution in [0.15, 0.2) is 0 Å². The fourth-order valence-electron chi connectivity index (χ4n) is 0.348. The fourth-order valence-corrected chi connectivity index (χ4v) is 0.481. The van der Waals surface area contributed by atoms with Gasteiger partial charge >= 0.3 is 5.97 Å². The molecule has 0 aliphatic rings. The van der Waals surface area contributed by atoms with Gasteiger partial charge in [0.15, 0.2) is 0 Å². The van der Waals surface area contributed by atoms with Crippen LogP contribution in [0.3, 0.4) is 0 Å². The van der Waals surface area contributed by atoms with Crippen molar-refractivity contribution in [2.75, 3.05) is 25.2 Å². The second kappa shape index (κ2) is 7.97. The highest BCUT2D eigenvalue weighted by Gasteiger charge is 2.01. The molecule has 0 fully saturated rings. The van der Waals surface area contributed by atoms with Gasteiger partial charge in [-0.05, 0) is 6.92 Å². The lowest BCUT2D eigenvalue weighted by atomic mass is 10.7. The highest BCUT2D eigenvalue weighted by molar-refractivity contribution is 9.09. The molecule has 11 heavy (non-hydrogen) atoms. The summed E-state index contributed by atoms with van der Waals surface area (Å²) >= 11 is 3.10. The molecule has 0 saturated carbocycles. The van der Waals surface area contributed by atoms with E-state index in [2.05, 4.69) is 25.7 Å². The summed E-state index contributed by atoms with van der Waals surface area (Å²) in [5.41, 5.74) is 0. The van der Waals surface area contributed by atoms with Crippen LogP contribution in [-0.4, -0.2) is 31.1 Å². The van der Waals surface area contributed by atoms with Crippen LogP contribution in [-0.2, 0) is 19.3 Å². The molecule has 0 amide bonds. The van der Waals surface area contributed by atoms with E-state index in [0.717, 1.165) is 0 Å². The number of rotatable bonds is 6. The molecule has 0 bridgehead atoms. The molecule has 0 spiro atoms. The highest BCUT2D eigenvalue weighted by Crippen LogP contribution is 1.86. The van der Waals surface area contributed by atoms with Crippen LogP contribution in [0.1, 0.15) is 6.92 Å². The molecule has 0 unspecified atom stereocenters. The zero-order chi connectivity index (χ0) is 8.53. The smallest absolute Gasteiger partial charge is 0.367 e. The van der Waals surface area contributed by atoms with Crippen LogP contribution in [0.4, 0.5) is 0 Å². The van der Waals surface area contributed by atoms with E-state index in [1.54, 1.807) is 6.92 Å². The maximum absolute atomic E-state index is 10.6. The van der Waals surface area contributed by atoms with Crippen molar-refractivity contribution in [2.45, 2.75) is 6.92 Å². The SMILES string of the molecule is CCOCC(=O)OOCCBr. The molecule has 0 aromatic carbocycles. The number of ether oxygens (including phenoxy) is 1. The predicted molar refractivity (Wildman–Crippen MR) is 42.3 cm³/mol. The van der Waals surface area contributed by atoms with Crippen LogP contribution in [0.25, 0.3) is 0 Å². The molecular weight excluding hydrogens is 216 g/mol. The number of hydrogen-bond acceptors (Lipinski definition) is 4. The zero-order valence-corrected chi connectivity index (χ0v) is 7.93. The van der Waals surface area contributed by atoms with Crippen LogP contribution < -0.4 is 0 Å². The molecule has 0 radical (unpaired) electrons. The third kappa shape index (κ3) is 7.77. The van der Waals surface area contributed by atoms with Gasteiger partial charge in [-0.25, -0.2) is 4.79 Å². The Morgan fingerprint density at radius 3 is 2.82 bits per heavy atom. The second-order valence-corrected chi connectivity index (χ2v) is 2.40. The van der Waals surface area contributed by atoms with Crippen molar-refractivity contribution in [2.24, 2.45) is 0 Å². The van der Waals surface area contributed by atoms with E-state index < -0.39 is 5.97 Å². The monoisotopic (exact) mass is 226 g/mol. The van der Waals surface area contributed by atoms with Crippen molar-refractivity contribution in [3.05, 3.63) is 0 Å². The van der Waals surface area contributed by atoms with Crippen molar-refractivity contribution in [1.29, 1.82) is 0 Å². The van der Waals surface area contributed by atoms with Crippen molar-refractivity contribution in [3.63, 3.8) is 0 Å². The number of carbonyl (C=O) groups excluding carboxylic acids is 1. The van der Waals surface area contributed by atoms with Gasteiger partial charge in [-0.3, -0.25) is 4.89 Å². The third-order valence-electron chi connectivity index (χ3n) is 0.736. The van der Waals surface area contributed by atoms with Gasteiger partial charge in [0.2, 0.25) is 0 Å². The first-order valence-electron chi connectivity index (χ1n) is 3.27. The normalized spacial score (nSPS) is 9.64. The predicted octanol–water partition coefficient (Wildman–Crippen LogP) is 0.893. The number of hydrogen-bond donors (Lipinski definition) is 0. The van der Waals surface area contributed by atoms with Crippen molar-refractivity contribution < 1.29 is 19.3 Å². The topological polar surface area (TPSA) is 44.8 Å². The average Bonchev–Trinajstić information content (AvgIpc) is 2.01. The van der Waals surface area contributed by atoms with Gasteiger partial charge in [0.1, 0.15) is 13.2 Å². The molecular formula is C6H11BrO4. The molecule has 0 aliphatic carbocycles. The summed E-state index contributed by atoms with van der Waals surface area (Å²) in [4.78, 5) is 19.3. The number of carbonyl (C=O) groups is 1. The lowest BCUT2D eigenvalue weighted by Crippen LogP contribution is -2.13. The van der Waals surface area contributed by atoms with Crippen molar-refractivity contribution in [3.8, 4) is 0 Å². The fraction of sp³-hybridized carbons (Fsp3) is 0.833. The standard InChI is InChI=1S/C6H11BrO4/c1-2-9-5-6(8)11-10-4-3-7/h2-5H2,1H3. The van der Waals surface area contributed by atoms with Crippen LogP contribution in [0.2, 0.25) is 0 Å². The first kappa shape index (κ1) is 10.9. The Morgan fingerprint density at radius 1 is 1.55 bits per heavy atom. The van der Waals surface area contributed by atoms with Crippen molar-refractivity contribution in [1.82, 2.24) is 0 Å². The van der Waals surface area contributed by atoms with E-state index in [1.165, 1.54) is 0 Å². The quantitative estimate of drug-likeness (QED) is 0.292. The Balaban J connectivity index is 3.09. The maximum atomic E-state index is 10.6. The van der Waals surface area contributed by atoms with Crippen LogP contribution in [0, 0.1) is 0 Å². The van der Waals surface area contributed by atoms with E-state index in [-0.39, 0.29) is 6.61 Å². The molecule has 4 nitrogen and oxygen atoms in total. The van der Waals surface area contributed by atoms with E-state index in [9.17, 15) is 4.79 Å². The summed E-state index contributed by atoms with van der Waals surface area (Å²) < 4.78 is 4.76. The van der Waals surface area contributed by atoms with Crippen LogP contribution in [0.5, 0.6) is 0 Å². The minimum Gasteiger partial charge on any atom is -0.370 e. The Hall–Kier alpha value is -0.130. The minimum absolute atomic E-state index is 0.0568. The van der Waals surface area contributed by atoms with E-state index in [0.29, 0.717) is 18.5 Å². The Labute approximate surface area is 73.9 Å².